The minimum Gasteiger partial charge on any atom is -0.342 e. The second-order valence-corrected chi connectivity index (χ2v) is 8.84. The Labute approximate surface area is 174 Å². The van der Waals surface area contributed by atoms with E-state index in [1.165, 1.54) is 18.2 Å². The van der Waals surface area contributed by atoms with Gasteiger partial charge in [0.1, 0.15) is 0 Å². The van der Waals surface area contributed by atoms with Crippen molar-refractivity contribution >= 4 is 28.6 Å². The lowest BCUT2D eigenvalue weighted by Crippen LogP contribution is -2.40. The molecule has 0 spiro atoms. The van der Waals surface area contributed by atoms with Gasteiger partial charge in [0.05, 0.1) is 21.8 Å². The smallest absolute Gasteiger partial charge is 0.266 e. The number of hydrogen-bond donors (Lipinski definition) is 0. The van der Waals surface area contributed by atoms with Crippen molar-refractivity contribution in [1.82, 2.24) is 14.5 Å². The van der Waals surface area contributed by atoms with Gasteiger partial charge in [-0.1, -0.05) is 41.6 Å². The number of thioether (sulfide) groups is 1. The van der Waals surface area contributed by atoms with Crippen molar-refractivity contribution in [1.29, 1.82) is 0 Å². The van der Waals surface area contributed by atoms with Crippen molar-refractivity contribution in [3.63, 3.8) is 0 Å². The van der Waals surface area contributed by atoms with Crippen molar-refractivity contribution in [3.8, 4) is 5.69 Å². The molecule has 0 bridgehead atoms. The monoisotopic (exact) mass is 407 g/mol. The van der Waals surface area contributed by atoms with Crippen molar-refractivity contribution in [3.05, 3.63) is 64.4 Å². The molecule has 6 heteroatoms. The molecule has 1 fully saturated rings. The zero-order valence-corrected chi connectivity index (χ0v) is 17.6. The summed E-state index contributed by atoms with van der Waals surface area (Å²) < 4.78 is 1.63. The molecule has 1 aliphatic rings. The molecule has 29 heavy (non-hydrogen) atoms. The van der Waals surface area contributed by atoms with E-state index < -0.39 is 0 Å². The van der Waals surface area contributed by atoms with E-state index >= 15 is 0 Å². The van der Waals surface area contributed by atoms with E-state index in [4.69, 9.17) is 4.98 Å². The molecule has 5 nitrogen and oxygen atoms in total. The molecular formula is C23H25N3O2S. The minimum absolute atomic E-state index is 0.112. The number of carbonyl (C=O) groups excluding carboxylic acids is 1. The predicted molar refractivity (Wildman–Crippen MR) is 118 cm³/mol. The maximum atomic E-state index is 13.3. The molecule has 0 N–H and O–H groups in total. The van der Waals surface area contributed by atoms with Gasteiger partial charge in [0.15, 0.2) is 5.16 Å². The van der Waals surface area contributed by atoms with Crippen LogP contribution in [0, 0.1) is 6.92 Å². The first-order valence-electron chi connectivity index (χ1n) is 10.1. The number of para-hydroxylation sites is 1. The molecule has 0 aliphatic carbocycles. The number of aromatic nitrogens is 2. The maximum absolute atomic E-state index is 13.3. The number of amides is 1. The highest BCUT2D eigenvalue weighted by atomic mass is 32.2. The molecule has 1 amide bonds. The number of likely N-dealkylation sites (tertiary alicyclic amines) is 1. The Morgan fingerprint density at radius 2 is 1.72 bits per heavy atom. The van der Waals surface area contributed by atoms with E-state index in [2.05, 4.69) is 0 Å². The standard InChI is InChI=1S/C23H25N3O2S/c1-16-10-12-18(13-11-16)26-22(28)19-8-4-5-9-20(19)24-23(26)29-17(2)21(27)25-14-6-3-7-15-25/h4-5,8-13,17H,3,6-7,14-15H2,1-2H3/t17-/m1/s1. The molecule has 0 saturated carbocycles. The lowest BCUT2D eigenvalue weighted by atomic mass is 10.1. The van der Waals surface area contributed by atoms with E-state index in [-0.39, 0.29) is 16.7 Å². The molecule has 2 aromatic carbocycles. The van der Waals surface area contributed by atoms with Crippen molar-refractivity contribution < 1.29 is 4.79 Å². The van der Waals surface area contributed by atoms with Gasteiger partial charge in [-0.15, -0.1) is 0 Å². The summed E-state index contributed by atoms with van der Waals surface area (Å²) in [6, 6.07) is 15.2. The van der Waals surface area contributed by atoms with Gasteiger partial charge in [-0.25, -0.2) is 4.98 Å². The number of carbonyl (C=O) groups is 1. The lowest BCUT2D eigenvalue weighted by molar-refractivity contribution is -0.131. The van der Waals surface area contributed by atoms with Gasteiger partial charge in [-0.2, -0.15) is 0 Å². The topological polar surface area (TPSA) is 55.2 Å². The van der Waals surface area contributed by atoms with E-state index in [1.807, 2.05) is 61.2 Å². The third kappa shape index (κ3) is 4.08. The van der Waals surface area contributed by atoms with Gasteiger partial charge in [0.2, 0.25) is 5.91 Å². The number of nitrogens with zero attached hydrogens (tertiary/aromatic N) is 3. The van der Waals surface area contributed by atoms with E-state index in [0.717, 1.165) is 37.2 Å². The van der Waals surface area contributed by atoms with Crippen LogP contribution in [0.1, 0.15) is 31.7 Å². The normalized spacial score (nSPS) is 15.4. The number of rotatable bonds is 4. The van der Waals surface area contributed by atoms with Crippen LogP contribution in [-0.2, 0) is 4.79 Å². The molecule has 150 valence electrons. The first-order chi connectivity index (χ1) is 14.0. The molecule has 0 unspecified atom stereocenters. The van der Waals surface area contributed by atoms with Gasteiger partial charge < -0.3 is 4.90 Å². The van der Waals surface area contributed by atoms with Crippen molar-refractivity contribution in [2.24, 2.45) is 0 Å². The van der Waals surface area contributed by atoms with Gasteiger partial charge in [-0.05, 0) is 57.4 Å². The molecule has 1 saturated heterocycles. The van der Waals surface area contributed by atoms with Crippen LogP contribution in [-0.4, -0.2) is 38.7 Å². The second kappa shape index (κ2) is 8.41. The van der Waals surface area contributed by atoms with Crippen LogP contribution in [0.15, 0.2) is 58.5 Å². The Balaban J connectivity index is 1.75. The Bertz CT molecular complexity index is 1090. The molecule has 1 atom stereocenters. The summed E-state index contributed by atoms with van der Waals surface area (Å²) in [5, 5.41) is 0.820. The average Bonchev–Trinajstić information content (AvgIpc) is 2.75. The summed E-state index contributed by atoms with van der Waals surface area (Å²) in [6.07, 6.45) is 3.31. The van der Waals surface area contributed by atoms with E-state index in [0.29, 0.717) is 16.1 Å². The predicted octanol–water partition coefficient (Wildman–Crippen LogP) is 4.19. The van der Waals surface area contributed by atoms with Crippen molar-refractivity contribution in [2.75, 3.05) is 13.1 Å². The Kier molecular flexibility index (Phi) is 5.72. The third-order valence-corrected chi connectivity index (χ3v) is 6.37. The summed E-state index contributed by atoms with van der Waals surface area (Å²) in [7, 11) is 0. The summed E-state index contributed by atoms with van der Waals surface area (Å²) in [4.78, 5) is 32.9. The summed E-state index contributed by atoms with van der Waals surface area (Å²) in [5.74, 6) is 0.118. The first kappa shape index (κ1) is 19.7. The summed E-state index contributed by atoms with van der Waals surface area (Å²) in [5.41, 5.74) is 2.43. The number of aryl methyl sites for hydroxylation is 1. The molecule has 1 aromatic heterocycles. The number of piperidine rings is 1. The van der Waals surface area contributed by atoms with Crippen LogP contribution in [0.25, 0.3) is 16.6 Å². The van der Waals surface area contributed by atoms with Crippen LogP contribution in [0.5, 0.6) is 0 Å². The molecule has 1 aliphatic heterocycles. The molecule has 4 rings (SSSR count). The SMILES string of the molecule is Cc1ccc(-n2c(S[C@H](C)C(=O)N3CCCCC3)nc3ccccc3c2=O)cc1. The number of fused-ring (bicyclic) bond motifs is 1. The van der Waals surface area contributed by atoms with Crippen LogP contribution in [0.2, 0.25) is 0 Å². The fourth-order valence-corrected chi connectivity index (χ4v) is 4.70. The zero-order valence-electron chi connectivity index (χ0n) is 16.8. The zero-order chi connectivity index (χ0) is 20.4. The fourth-order valence-electron chi connectivity index (χ4n) is 3.69. The van der Waals surface area contributed by atoms with Crippen molar-refractivity contribution in [2.45, 2.75) is 43.5 Å². The van der Waals surface area contributed by atoms with Crippen LogP contribution < -0.4 is 5.56 Å². The highest BCUT2D eigenvalue weighted by Crippen LogP contribution is 2.27. The van der Waals surface area contributed by atoms with Crippen LogP contribution in [0.4, 0.5) is 0 Å². The maximum Gasteiger partial charge on any atom is 0.266 e. The fraction of sp³-hybridized carbons (Fsp3) is 0.348. The van der Waals surface area contributed by atoms with E-state index in [9.17, 15) is 9.59 Å². The minimum atomic E-state index is -0.308. The molecule has 3 aromatic rings. The van der Waals surface area contributed by atoms with Gasteiger partial charge in [0.25, 0.3) is 5.56 Å². The first-order valence-corrected chi connectivity index (χ1v) is 11.0. The molecular weight excluding hydrogens is 382 g/mol. The second-order valence-electron chi connectivity index (χ2n) is 7.53. The van der Waals surface area contributed by atoms with Gasteiger partial charge >= 0.3 is 0 Å². The highest BCUT2D eigenvalue weighted by Gasteiger charge is 2.25. The quantitative estimate of drug-likeness (QED) is 0.481. The summed E-state index contributed by atoms with van der Waals surface area (Å²) >= 11 is 1.36. The largest absolute Gasteiger partial charge is 0.342 e. The lowest BCUT2D eigenvalue weighted by Gasteiger charge is -2.29. The Morgan fingerprint density at radius 3 is 2.45 bits per heavy atom. The van der Waals surface area contributed by atoms with Crippen LogP contribution >= 0.6 is 11.8 Å². The van der Waals surface area contributed by atoms with Crippen LogP contribution in [0.3, 0.4) is 0 Å². The highest BCUT2D eigenvalue weighted by molar-refractivity contribution is 8.00. The summed E-state index contributed by atoms with van der Waals surface area (Å²) in [6.45, 7) is 5.56. The molecule has 2 heterocycles. The molecule has 0 radical (unpaired) electrons. The van der Waals surface area contributed by atoms with Gasteiger partial charge in [-0.3, -0.25) is 14.2 Å². The van der Waals surface area contributed by atoms with E-state index in [1.54, 1.807) is 10.6 Å². The third-order valence-electron chi connectivity index (χ3n) is 5.33. The number of hydrogen-bond acceptors (Lipinski definition) is 4. The number of benzene rings is 2. The Morgan fingerprint density at radius 1 is 1.03 bits per heavy atom. The average molecular weight is 408 g/mol. The van der Waals surface area contributed by atoms with Gasteiger partial charge in [0, 0.05) is 13.1 Å². The Hall–Kier alpha value is -2.60.